The van der Waals surface area contributed by atoms with Crippen molar-refractivity contribution in [2.24, 2.45) is 16.0 Å². The predicted octanol–water partition coefficient (Wildman–Crippen LogP) is 4.25. The molecule has 0 amide bonds. The summed E-state index contributed by atoms with van der Waals surface area (Å²) in [7, 11) is 0. The van der Waals surface area contributed by atoms with Crippen LogP contribution in [0.15, 0.2) is 31.2 Å². The Balaban J connectivity index is 1.66. The molecule has 9 heteroatoms. The maximum absolute atomic E-state index is 11.2. The first-order chi connectivity index (χ1) is 14.5. The van der Waals surface area contributed by atoms with Crippen LogP contribution >= 0.6 is 0 Å². The molecule has 0 saturated heterocycles. The Labute approximate surface area is 182 Å². The second kappa shape index (κ2) is 10.9. The monoisotopic (exact) mass is 437 g/mol. The third-order valence-corrected chi connectivity index (χ3v) is 5.66. The van der Waals surface area contributed by atoms with Crippen molar-refractivity contribution in [3.8, 4) is 0 Å². The van der Waals surface area contributed by atoms with E-state index in [9.17, 15) is 19.9 Å². The molecular formula is C22H35N3O6. The van der Waals surface area contributed by atoms with E-state index in [1.807, 2.05) is 0 Å². The molecule has 0 aromatic carbocycles. The van der Waals surface area contributed by atoms with E-state index >= 15 is 0 Å². The molecule has 0 saturated carbocycles. The van der Waals surface area contributed by atoms with E-state index in [1.165, 1.54) is 12.1 Å². The SMILES string of the molecule is CC(C)(CCC(O)CCC(O)CCC(C)(C)Cc1cc(=O)[nH]o1)Cc1cc(N=O)no1. The van der Waals surface area contributed by atoms with Gasteiger partial charge >= 0.3 is 0 Å². The van der Waals surface area contributed by atoms with Gasteiger partial charge in [0.2, 0.25) is 5.82 Å². The average Bonchev–Trinajstić information content (AvgIpc) is 3.30. The Morgan fingerprint density at radius 2 is 1.52 bits per heavy atom. The number of aromatic amines is 1. The minimum absolute atomic E-state index is 0.0423. The zero-order valence-electron chi connectivity index (χ0n) is 18.9. The van der Waals surface area contributed by atoms with Crippen LogP contribution in [0.25, 0.3) is 0 Å². The third-order valence-electron chi connectivity index (χ3n) is 5.66. The van der Waals surface area contributed by atoms with Gasteiger partial charge < -0.3 is 19.3 Å². The molecule has 31 heavy (non-hydrogen) atoms. The van der Waals surface area contributed by atoms with Crippen molar-refractivity contribution >= 4 is 5.82 Å². The molecule has 174 valence electrons. The van der Waals surface area contributed by atoms with E-state index in [0.717, 1.165) is 12.8 Å². The Kier molecular flexibility index (Phi) is 8.76. The van der Waals surface area contributed by atoms with Gasteiger partial charge in [0.25, 0.3) is 5.56 Å². The van der Waals surface area contributed by atoms with Crippen molar-refractivity contribution < 1.29 is 19.3 Å². The number of nitrogens with one attached hydrogen (secondary N) is 1. The van der Waals surface area contributed by atoms with Gasteiger partial charge in [-0.1, -0.05) is 32.9 Å². The molecule has 2 unspecified atom stereocenters. The fourth-order valence-electron chi connectivity index (χ4n) is 3.74. The van der Waals surface area contributed by atoms with Crippen LogP contribution in [0.3, 0.4) is 0 Å². The number of nitrogens with zero attached hydrogens (tertiary/aromatic N) is 2. The summed E-state index contributed by atoms with van der Waals surface area (Å²) >= 11 is 0. The van der Waals surface area contributed by atoms with Crippen LogP contribution in [0.5, 0.6) is 0 Å². The second-order valence-electron chi connectivity index (χ2n) is 10.1. The molecule has 2 rings (SSSR count). The zero-order valence-corrected chi connectivity index (χ0v) is 18.9. The molecule has 0 spiro atoms. The third kappa shape index (κ3) is 9.18. The van der Waals surface area contributed by atoms with Crippen molar-refractivity contribution in [2.45, 2.75) is 91.3 Å². The number of aromatic nitrogens is 2. The first-order valence-electron chi connectivity index (χ1n) is 10.8. The molecule has 3 N–H and O–H groups in total. The summed E-state index contributed by atoms with van der Waals surface area (Å²) in [6, 6.07) is 2.99. The van der Waals surface area contributed by atoms with E-state index in [0.29, 0.717) is 50.0 Å². The fraction of sp³-hybridized carbons (Fsp3) is 0.727. The van der Waals surface area contributed by atoms with Crippen molar-refractivity contribution in [1.29, 1.82) is 0 Å². The maximum atomic E-state index is 11.2. The first-order valence-corrected chi connectivity index (χ1v) is 10.8. The number of hydrogen-bond acceptors (Lipinski definition) is 8. The number of hydrogen-bond donors (Lipinski definition) is 3. The summed E-state index contributed by atoms with van der Waals surface area (Å²) in [4.78, 5) is 21.6. The number of H-pyrrole nitrogens is 1. The van der Waals surface area contributed by atoms with Crippen molar-refractivity contribution in [1.82, 2.24) is 10.3 Å². The highest BCUT2D eigenvalue weighted by Crippen LogP contribution is 2.31. The first kappa shape index (κ1) is 25.0. The van der Waals surface area contributed by atoms with Crippen LogP contribution in [0.1, 0.15) is 77.7 Å². The second-order valence-corrected chi connectivity index (χ2v) is 10.1. The Bertz CT molecular complexity index is 866. The van der Waals surface area contributed by atoms with Crippen LogP contribution in [0, 0.1) is 15.7 Å². The van der Waals surface area contributed by atoms with Crippen molar-refractivity contribution in [3.05, 3.63) is 38.9 Å². The topological polar surface area (TPSA) is 142 Å². The van der Waals surface area contributed by atoms with Crippen LogP contribution in [-0.4, -0.2) is 32.7 Å². The summed E-state index contributed by atoms with van der Waals surface area (Å²) in [5.41, 5.74) is -0.482. The lowest BCUT2D eigenvalue weighted by Crippen LogP contribution is -2.21. The molecule has 0 aliphatic rings. The van der Waals surface area contributed by atoms with Crippen LogP contribution in [-0.2, 0) is 12.8 Å². The molecular weight excluding hydrogens is 402 g/mol. The summed E-state index contributed by atoms with van der Waals surface area (Å²) < 4.78 is 10.2. The normalized spacial score (nSPS) is 14.5. The van der Waals surface area contributed by atoms with E-state index in [-0.39, 0.29) is 22.2 Å². The van der Waals surface area contributed by atoms with Crippen molar-refractivity contribution in [3.63, 3.8) is 0 Å². The van der Waals surface area contributed by atoms with Gasteiger partial charge in [-0.2, -0.15) is 5.16 Å². The van der Waals surface area contributed by atoms with Gasteiger partial charge in [-0.25, -0.2) is 0 Å². The summed E-state index contributed by atoms with van der Waals surface area (Å²) in [5.74, 6) is 1.26. The summed E-state index contributed by atoms with van der Waals surface area (Å²) in [5, 5.41) is 29.3. The molecule has 0 fully saturated rings. The van der Waals surface area contributed by atoms with Gasteiger partial charge in [-0.3, -0.25) is 4.79 Å². The maximum Gasteiger partial charge on any atom is 0.280 e. The molecule has 0 aliphatic carbocycles. The highest BCUT2D eigenvalue weighted by Gasteiger charge is 2.24. The van der Waals surface area contributed by atoms with Gasteiger partial charge in [0, 0.05) is 25.0 Å². The smallest absolute Gasteiger partial charge is 0.280 e. The fourth-order valence-corrected chi connectivity index (χ4v) is 3.74. The molecule has 9 nitrogen and oxygen atoms in total. The molecule has 0 radical (unpaired) electrons. The standard InChI is InChI=1S/C22H35N3O6/c1-21(2,13-17-11-19(23-29)24-30-17)9-7-15(26)5-6-16(27)8-10-22(3,4)14-18-12-20(28)25-31-18/h11-12,15-16,26-27H,5-10,13-14H2,1-4H3,(H,25,28). The number of nitroso groups, excluding NO2 is 1. The highest BCUT2D eigenvalue weighted by atomic mass is 16.5. The Hall–Kier alpha value is -2.26. The predicted molar refractivity (Wildman–Crippen MR) is 116 cm³/mol. The van der Waals surface area contributed by atoms with Crippen LogP contribution in [0.4, 0.5) is 5.82 Å². The molecule has 0 bridgehead atoms. The van der Waals surface area contributed by atoms with Crippen LogP contribution < -0.4 is 5.56 Å². The van der Waals surface area contributed by atoms with Crippen LogP contribution in [0.2, 0.25) is 0 Å². The summed E-state index contributed by atoms with van der Waals surface area (Å²) in [6.45, 7) is 8.29. The Morgan fingerprint density at radius 3 is 1.97 bits per heavy atom. The minimum atomic E-state index is -0.488. The summed E-state index contributed by atoms with van der Waals surface area (Å²) in [6.07, 6.45) is 4.10. The van der Waals surface area contributed by atoms with Gasteiger partial charge in [0.1, 0.15) is 11.5 Å². The van der Waals surface area contributed by atoms with E-state index in [1.54, 1.807) is 0 Å². The average molecular weight is 438 g/mol. The molecule has 0 aliphatic heterocycles. The zero-order chi connectivity index (χ0) is 23.1. The molecule has 2 aromatic rings. The van der Waals surface area contributed by atoms with Gasteiger partial charge in [-0.15, -0.1) is 4.91 Å². The Morgan fingerprint density at radius 1 is 0.968 bits per heavy atom. The number of rotatable bonds is 14. The molecule has 2 aromatic heterocycles. The lowest BCUT2D eigenvalue weighted by Gasteiger charge is -2.26. The molecule has 2 heterocycles. The van der Waals surface area contributed by atoms with Gasteiger partial charge in [0.15, 0.2) is 0 Å². The van der Waals surface area contributed by atoms with E-state index < -0.39 is 12.2 Å². The van der Waals surface area contributed by atoms with Gasteiger partial charge in [-0.05, 0) is 54.5 Å². The number of aliphatic hydroxyl groups excluding tert-OH is 2. The quantitative estimate of drug-likeness (QED) is 0.375. The van der Waals surface area contributed by atoms with Gasteiger partial charge in [0.05, 0.1) is 12.2 Å². The number of aliphatic hydroxyl groups is 2. The van der Waals surface area contributed by atoms with E-state index in [2.05, 4.69) is 43.2 Å². The van der Waals surface area contributed by atoms with Crippen molar-refractivity contribution in [2.75, 3.05) is 0 Å². The highest BCUT2D eigenvalue weighted by molar-refractivity contribution is 5.25. The largest absolute Gasteiger partial charge is 0.393 e. The lowest BCUT2D eigenvalue weighted by molar-refractivity contribution is 0.0869. The minimum Gasteiger partial charge on any atom is -0.393 e. The van der Waals surface area contributed by atoms with E-state index in [4.69, 9.17) is 9.05 Å². The lowest BCUT2D eigenvalue weighted by atomic mass is 9.81. The molecule has 2 atom stereocenters.